The molecule has 0 N–H and O–H groups in total. The topological polar surface area (TPSA) is 11.4 Å². The predicted octanol–water partition coefficient (Wildman–Crippen LogP) is 22.5. The molecule has 1 aromatic heterocycles. The summed E-state index contributed by atoms with van der Waals surface area (Å²) in [5, 5.41) is 2.47. The van der Waals surface area contributed by atoms with Crippen LogP contribution >= 0.6 is 0 Å². The third kappa shape index (κ3) is 9.03. The zero-order valence-electron chi connectivity index (χ0n) is 55.6. The Morgan fingerprint density at radius 3 is 1.34 bits per heavy atom. The molecule has 3 heterocycles. The highest BCUT2D eigenvalue weighted by atomic mass is 15.2. The number of hydrogen-bond donors (Lipinski definition) is 0. The Morgan fingerprint density at radius 1 is 0.299 bits per heavy atom. The minimum atomic E-state index is -0.691. The highest BCUT2D eigenvalue weighted by Crippen LogP contribution is 2.60. The summed E-state index contributed by atoms with van der Waals surface area (Å²) in [6.07, 6.45) is 0. The first-order valence-electron chi connectivity index (χ1n) is 34.3. The SMILES string of the molecule is CC(C)(C)c1ccc2c(c1)B1c3ccc(-n4c5ccccc5c5ccccc54)cc3N(c3ccc(C(C)(C)C)cc3-c3ccccc3)c3cc(-c4cccc5c4C(c4ccccc4)(c4ccccc4)c4ccccc4-5)cc(c31)N2c1c(-c2ccccc2)cccc1-c1ccccc1. The van der Waals surface area contributed by atoms with E-state index in [9.17, 15) is 0 Å². The van der Waals surface area contributed by atoms with Gasteiger partial charge in [-0.05, 0) is 154 Å². The van der Waals surface area contributed by atoms with Gasteiger partial charge in [0, 0.05) is 55.9 Å². The molecule has 15 aromatic rings. The molecule has 2 aliphatic heterocycles. The van der Waals surface area contributed by atoms with Gasteiger partial charge in [0.05, 0.1) is 27.8 Å². The number of nitrogens with zero attached hydrogens (tertiary/aromatic N) is 3. The molecular weight excluding hydrogens is 1170 g/mol. The molecule has 4 heteroatoms. The minimum absolute atomic E-state index is 0.136. The summed E-state index contributed by atoms with van der Waals surface area (Å²) in [7, 11) is 0. The Labute approximate surface area is 570 Å². The third-order valence-electron chi connectivity index (χ3n) is 21.2. The van der Waals surface area contributed by atoms with Gasteiger partial charge in [-0.1, -0.05) is 315 Å². The molecule has 0 radical (unpaired) electrons. The lowest BCUT2D eigenvalue weighted by Crippen LogP contribution is -2.61. The monoisotopic (exact) mass is 1240 g/mol. The molecule has 14 aromatic carbocycles. The first-order chi connectivity index (χ1) is 47.4. The summed E-state index contributed by atoms with van der Waals surface area (Å²) in [5.74, 6) is 0. The molecule has 0 unspecified atom stereocenters. The van der Waals surface area contributed by atoms with Crippen LogP contribution in [0.15, 0.2) is 328 Å². The molecule has 0 spiro atoms. The van der Waals surface area contributed by atoms with Crippen LogP contribution in [-0.4, -0.2) is 11.3 Å². The van der Waals surface area contributed by atoms with Crippen LogP contribution in [0.3, 0.4) is 0 Å². The van der Waals surface area contributed by atoms with Gasteiger partial charge in [-0.15, -0.1) is 0 Å². The van der Waals surface area contributed by atoms with Gasteiger partial charge in [0.1, 0.15) is 0 Å². The van der Waals surface area contributed by atoms with Gasteiger partial charge >= 0.3 is 0 Å². The Kier molecular flexibility index (Phi) is 13.4. The van der Waals surface area contributed by atoms with Crippen LogP contribution in [-0.2, 0) is 16.2 Å². The van der Waals surface area contributed by atoms with E-state index < -0.39 is 5.41 Å². The second-order valence-corrected chi connectivity index (χ2v) is 28.7. The number of anilines is 6. The molecule has 462 valence electrons. The lowest BCUT2D eigenvalue weighted by atomic mass is 9.33. The van der Waals surface area contributed by atoms with Gasteiger partial charge in [0.25, 0.3) is 6.71 Å². The van der Waals surface area contributed by atoms with E-state index in [0.29, 0.717) is 0 Å². The highest BCUT2D eigenvalue weighted by molar-refractivity contribution is 7.00. The lowest BCUT2D eigenvalue weighted by molar-refractivity contribution is 0.590. The summed E-state index contributed by atoms with van der Waals surface area (Å²) in [4.78, 5) is 5.39. The van der Waals surface area contributed by atoms with Crippen LogP contribution in [0, 0.1) is 0 Å². The Morgan fingerprint density at radius 2 is 0.763 bits per heavy atom. The Balaban J connectivity index is 1.04. The summed E-state index contributed by atoms with van der Waals surface area (Å²) >= 11 is 0. The van der Waals surface area contributed by atoms with E-state index in [2.05, 4.69) is 383 Å². The van der Waals surface area contributed by atoms with E-state index in [4.69, 9.17) is 0 Å². The number of aromatic nitrogens is 1. The number of fused-ring (bicyclic) bond motifs is 10. The molecule has 3 aliphatic rings. The van der Waals surface area contributed by atoms with Crippen molar-refractivity contribution >= 4 is 79.0 Å². The Bertz CT molecular complexity index is 5450. The maximum atomic E-state index is 2.70. The highest BCUT2D eigenvalue weighted by Gasteiger charge is 2.50. The number of benzene rings is 14. The fourth-order valence-electron chi connectivity index (χ4n) is 16.7. The maximum Gasteiger partial charge on any atom is 0.252 e. The molecule has 18 rings (SSSR count). The van der Waals surface area contributed by atoms with E-state index in [1.807, 2.05) is 0 Å². The molecule has 0 bridgehead atoms. The van der Waals surface area contributed by atoms with Crippen molar-refractivity contribution in [2.45, 2.75) is 57.8 Å². The summed E-state index contributed by atoms with van der Waals surface area (Å²) < 4.78 is 2.50. The quantitative estimate of drug-likeness (QED) is 0.133. The Hall–Kier alpha value is -11.5. The van der Waals surface area contributed by atoms with Crippen molar-refractivity contribution in [1.29, 1.82) is 0 Å². The number of rotatable bonds is 9. The molecule has 0 saturated heterocycles. The average Bonchev–Trinajstić information content (AvgIpc) is 1.69. The standard InChI is InChI=1S/C93H72BN3/c1-91(2,3)67-50-54-83(77(58-67)63-34-16-9-17-35-63)96-85-60-69(95-81-48-26-23-41-74(81)75-42-24-27-49-82(75)95)52-53-79(85)94-80-59-68(92(4,5)6)51-55-84(80)97(90-71(61-30-12-7-13-31-61)44-29-45-72(90)62-32-14-8-15-33-62)87-57-64(56-86(96)89(87)94)70-43-28-46-76-73-40-22-25-47-78(73)93(88(70)76,65-36-18-10-19-37-65)66-38-20-11-21-39-66/h7-60H,1-6H3. The number of para-hydroxylation sites is 3. The van der Waals surface area contributed by atoms with Crippen molar-refractivity contribution in [3.63, 3.8) is 0 Å². The van der Waals surface area contributed by atoms with E-state index in [-0.39, 0.29) is 17.5 Å². The zero-order chi connectivity index (χ0) is 65.3. The third-order valence-corrected chi connectivity index (χ3v) is 21.2. The van der Waals surface area contributed by atoms with Gasteiger partial charge in [-0.25, -0.2) is 0 Å². The first-order valence-corrected chi connectivity index (χ1v) is 34.3. The predicted molar refractivity (Wildman–Crippen MR) is 411 cm³/mol. The van der Waals surface area contributed by atoms with Crippen molar-refractivity contribution in [2.75, 3.05) is 9.80 Å². The van der Waals surface area contributed by atoms with Crippen molar-refractivity contribution < 1.29 is 0 Å². The molecule has 0 fully saturated rings. The van der Waals surface area contributed by atoms with Gasteiger partial charge in [-0.2, -0.15) is 0 Å². The van der Waals surface area contributed by atoms with Crippen LogP contribution in [0.25, 0.3) is 83.1 Å². The second kappa shape index (κ2) is 22.3. The normalized spacial score (nSPS) is 13.5. The molecule has 3 nitrogen and oxygen atoms in total. The van der Waals surface area contributed by atoms with Gasteiger partial charge in [-0.3, -0.25) is 0 Å². The zero-order valence-corrected chi connectivity index (χ0v) is 55.6. The second-order valence-electron chi connectivity index (χ2n) is 28.7. The van der Waals surface area contributed by atoms with Crippen molar-refractivity contribution in [3.8, 4) is 61.3 Å². The molecule has 97 heavy (non-hydrogen) atoms. The van der Waals surface area contributed by atoms with Crippen molar-refractivity contribution in [1.82, 2.24) is 4.57 Å². The fourth-order valence-corrected chi connectivity index (χ4v) is 16.7. The average molecular weight is 1240 g/mol. The first kappa shape index (κ1) is 58.1. The van der Waals surface area contributed by atoms with Crippen LogP contribution < -0.4 is 26.2 Å². The van der Waals surface area contributed by atoms with Crippen LogP contribution in [0.4, 0.5) is 34.1 Å². The van der Waals surface area contributed by atoms with Crippen molar-refractivity contribution in [2.24, 2.45) is 0 Å². The van der Waals surface area contributed by atoms with Crippen LogP contribution in [0.5, 0.6) is 0 Å². The molecule has 0 amide bonds. The fraction of sp³-hybridized carbons (Fsp3) is 0.0968. The van der Waals surface area contributed by atoms with E-state index in [0.717, 1.165) is 73.2 Å². The van der Waals surface area contributed by atoms with E-state index in [1.165, 1.54) is 93.8 Å². The molecule has 0 atom stereocenters. The van der Waals surface area contributed by atoms with Crippen molar-refractivity contribution in [3.05, 3.63) is 361 Å². The van der Waals surface area contributed by atoms with E-state index in [1.54, 1.807) is 0 Å². The molecular formula is C93H72BN3. The van der Waals surface area contributed by atoms with Crippen LogP contribution in [0.2, 0.25) is 0 Å². The summed E-state index contributed by atoms with van der Waals surface area (Å²) in [6.45, 7) is 13.9. The number of hydrogen-bond acceptors (Lipinski definition) is 2. The smallest absolute Gasteiger partial charge is 0.252 e. The van der Waals surface area contributed by atoms with Crippen LogP contribution in [0.1, 0.15) is 74.9 Å². The van der Waals surface area contributed by atoms with Gasteiger partial charge in [0.2, 0.25) is 0 Å². The largest absolute Gasteiger partial charge is 0.311 e. The summed E-state index contributed by atoms with van der Waals surface area (Å²) in [5.41, 5.74) is 32.4. The molecule has 1 aliphatic carbocycles. The minimum Gasteiger partial charge on any atom is -0.311 e. The van der Waals surface area contributed by atoms with E-state index >= 15 is 0 Å². The van der Waals surface area contributed by atoms with Gasteiger partial charge < -0.3 is 14.4 Å². The van der Waals surface area contributed by atoms with Gasteiger partial charge in [0.15, 0.2) is 0 Å². The molecule has 0 saturated carbocycles. The maximum absolute atomic E-state index is 2.70. The summed E-state index contributed by atoms with van der Waals surface area (Å²) in [6, 6.07) is 124. The lowest BCUT2D eigenvalue weighted by Gasteiger charge is -2.46.